The Balaban J connectivity index is 1.68. The van der Waals surface area contributed by atoms with Gasteiger partial charge in [-0.05, 0) is 42.2 Å². The molecule has 3 rings (SSSR count). The Morgan fingerprint density at radius 1 is 1.19 bits per heavy atom. The molecule has 3 N–H and O–H groups in total. The number of rotatable bonds is 4. The van der Waals surface area contributed by atoms with E-state index in [0.29, 0.717) is 25.9 Å². The van der Waals surface area contributed by atoms with Crippen LogP contribution >= 0.6 is 0 Å². The van der Waals surface area contributed by atoms with E-state index in [1.165, 1.54) is 12.1 Å². The molecule has 2 aromatic carbocycles. The van der Waals surface area contributed by atoms with E-state index in [4.69, 9.17) is 0 Å². The second-order valence-corrected chi connectivity index (χ2v) is 5.57. The molecule has 0 bridgehead atoms. The lowest BCUT2D eigenvalue weighted by atomic mass is 9.96. The summed E-state index contributed by atoms with van der Waals surface area (Å²) in [5.74, 6) is -0.0222. The lowest BCUT2D eigenvalue weighted by Gasteiger charge is -2.24. The molecular weight excluding hydrogens is 269 g/mol. The smallest absolute Gasteiger partial charge is 0.123 e. The highest BCUT2D eigenvalue weighted by molar-refractivity contribution is 5.38. The Morgan fingerprint density at radius 3 is 2.81 bits per heavy atom. The maximum absolute atomic E-state index is 13.2. The van der Waals surface area contributed by atoms with Crippen LogP contribution in [0, 0.1) is 5.82 Å². The highest BCUT2D eigenvalue weighted by Crippen LogP contribution is 2.36. The van der Waals surface area contributed by atoms with Crippen molar-refractivity contribution in [3.05, 3.63) is 65.0 Å². The summed E-state index contributed by atoms with van der Waals surface area (Å²) in [6.45, 7) is 0.853. The molecule has 0 saturated heterocycles. The standard InChI is InChI=1S/C17H18FNO2/c18-14-5-6-15-12(9-14)7-8-17(15,21)11-19-10-13-3-1-2-4-16(13)20/h1-6,9,19-21H,7-8,10-11H2. The first kappa shape index (κ1) is 14.0. The molecule has 0 heterocycles. The van der Waals surface area contributed by atoms with Gasteiger partial charge in [0.1, 0.15) is 17.2 Å². The predicted octanol–water partition coefficient (Wildman–Crippen LogP) is 2.45. The minimum absolute atomic E-state index is 0.242. The van der Waals surface area contributed by atoms with Crippen LogP contribution in [0.25, 0.3) is 0 Å². The molecule has 1 atom stereocenters. The average molecular weight is 287 g/mol. The van der Waals surface area contributed by atoms with Gasteiger partial charge in [-0.3, -0.25) is 0 Å². The molecular formula is C17H18FNO2. The molecule has 0 amide bonds. The van der Waals surface area contributed by atoms with Crippen molar-refractivity contribution in [2.75, 3.05) is 6.54 Å². The first-order valence-electron chi connectivity index (χ1n) is 7.07. The number of phenolic OH excluding ortho intramolecular Hbond substituents is 1. The fourth-order valence-electron chi connectivity index (χ4n) is 2.95. The number of aryl methyl sites for hydroxylation is 1. The minimum atomic E-state index is -0.965. The van der Waals surface area contributed by atoms with Gasteiger partial charge in [-0.2, -0.15) is 0 Å². The Hall–Kier alpha value is -1.91. The first-order valence-corrected chi connectivity index (χ1v) is 7.07. The summed E-state index contributed by atoms with van der Waals surface area (Å²) in [5.41, 5.74) is 1.50. The molecule has 3 nitrogen and oxygen atoms in total. The summed E-state index contributed by atoms with van der Waals surface area (Å²) >= 11 is 0. The number of aromatic hydroxyl groups is 1. The third-order valence-electron chi connectivity index (χ3n) is 4.10. The molecule has 0 spiro atoms. The molecule has 0 radical (unpaired) electrons. The Morgan fingerprint density at radius 2 is 2.00 bits per heavy atom. The largest absolute Gasteiger partial charge is 0.508 e. The maximum Gasteiger partial charge on any atom is 0.123 e. The number of nitrogens with one attached hydrogen (secondary N) is 1. The number of para-hydroxylation sites is 1. The van der Waals surface area contributed by atoms with E-state index < -0.39 is 5.60 Å². The quantitative estimate of drug-likeness (QED) is 0.809. The summed E-state index contributed by atoms with van der Waals surface area (Å²) < 4.78 is 13.2. The zero-order chi connectivity index (χ0) is 14.9. The molecule has 0 saturated carbocycles. The van der Waals surface area contributed by atoms with Crippen LogP contribution in [0.1, 0.15) is 23.1 Å². The van der Waals surface area contributed by atoms with E-state index in [2.05, 4.69) is 5.32 Å². The summed E-state index contributed by atoms with van der Waals surface area (Å²) in [7, 11) is 0. The van der Waals surface area contributed by atoms with Crippen molar-refractivity contribution in [3.63, 3.8) is 0 Å². The summed E-state index contributed by atoms with van der Waals surface area (Å²) in [4.78, 5) is 0. The van der Waals surface area contributed by atoms with Crippen LogP contribution in [0.2, 0.25) is 0 Å². The van der Waals surface area contributed by atoms with E-state index >= 15 is 0 Å². The van der Waals surface area contributed by atoms with Crippen molar-refractivity contribution < 1.29 is 14.6 Å². The van der Waals surface area contributed by atoms with E-state index in [1.807, 2.05) is 12.1 Å². The molecule has 0 aromatic heterocycles. The van der Waals surface area contributed by atoms with Gasteiger partial charge >= 0.3 is 0 Å². The molecule has 1 aliphatic rings. The van der Waals surface area contributed by atoms with Crippen molar-refractivity contribution in [1.82, 2.24) is 5.32 Å². The highest BCUT2D eigenvalue weighted by Gasteiger charge is 2.36. The Bertz CT molecular complexity index is 659. The van der Waals surface area contributed by atoms with Crippen molar-refractivity contribution in [3.8, 4) is 5.75 Å². The predicted molar refractivity (Wildman–Crippen MR) is 78.4 cm³/mol. The zero-order valence-electron chi connectivity index (χ0n) is 11.6. The van der Waals surface area contributed by atoms with Crippen LogP contribution in [0.5, 0.6) is 5.75 Å². The van der Waals surface area contributed by atoms with Gasteiger partial charge in [0.15, 0.2) is 0 Å². The molecule has 1 aliphatic carbocycles. The second-order valence-electron chi connectivity index (χ2n) is 5.57. The third-order valence-corrected chi connectivity index (χ3v) is 4.10. The molecule has 1 unspecified atom stereocenters. The van der Waals surface area contributed by atoms with Gasteiger partial charge in [0.25, 0.3) is 0 Å². The molecule has 2 aromatic rings. The number of fused-ring (bicyclic) bond motifs is 1. The van der Waals surface area contributed by atoms with Crippen molar-refractivity contribution in [2.24, 2.45) is 0 Å². The topological polar surface area (TPSA) is 52.5 Å². The SMILES string of the molecule is Oc1ccccc1CNCC1(O)CCc2cc(F)ccc21. The van der Waals surface area contributed by atoms with Gasteiger partial charge in [0.05, 0.1) is 0 Å². The van der Waals surface area contributed by atoms with Gasteiger partial charge in [-0.25, -0.2) is 4.39 Å². The summed E-state index contributed by atoms with van der Waals surface area (Å²) in [5, 5.41) is 23.6. The van der Waals surface area contributed by atoms with Crippen molar-refractivity contribution in [2.45, 2.75) is 25.0 Å². The molecule has 0 aliphatic heterocycles. The van der Waals surface area contributed by atoms with Crippen LogP contribution in [0.4, 0.5) is 4.39 Å². The number of halogens is 1. The summed E-state index contributed by atoms with van der Waals surface area (Å²) in [6, 6.07) is 11.7. The highest BCUT2D eigenvalue weighted by atomic mass is 19.1. The third kappa shape index (κ3) is 2.77. The van der Waals surface area contributed by atoms with Gasteiger partial charge in [0.2, 0.25) is 0 Å². The average Bonchev–Trinajstić information content (AvgIpc) is 2.78. The van der Waals surface area contributed by atoms with Crippen molar-refractivity contribution in [1.29, 1.82) is 0 Å². The molecule has 110 valence electrons. The number of hydrogen-bond acceptors (Lipinski definition) is 3. The molecule has 0 fully saturated rings. The molecule has 21 heavy (non-hydrogen) atoms. The lowest BCUT2D eigenvalue weighted by Crippen LogP contribution is -2.36. The monoisotopic (exact) mass is 287 g/mol. The maximum atomic E-state index is 13.2. The van der Waals surface area contributed by atoms with Crippen LogP contribution in [0.15, 0.2) is 42.5 Å². The lowest BCUT2D eigenvalue weighted by molar-refractivity contribution is 0.0384. The van der Waals surface area contributed by atoms with Crippen molar-refractivity contribution >= 4 is 0 Å². The number of phenols is 1. The molecule has 4 heteroatoms. The fraction of sp³-hybridized carbons (Fsp3) is 0.294. The first-order chi connectivity index (χ1) is 10.1. The van der Waals surface area contributed by atoms with E-state index in [9.17, 15) is 14.6 Å². The fourth-order valence-corrected chi connectivity index (χ4v) is 2.95. The van der Waals surface area contributed by atoms with Gasteiger partial charge < -0.3 is 15.5 Å². The Kier molecular flexibility index (Phi) is 3.66. The number of aliphatic hydroxyl groups is 1. The number of hydrogen-bond donors (Lipinski definition) is 3. The van der Waals surface area contributed by atoms with Crippen LogP contribution in [-0.2, 0) is 18.6 Å². The van der Waals surface area contributed by atoms with Crippen LogP contribution in [0.3, 0.4) is 0 Å². The van der Waals surface area contributed by atoms with E-state index in [1.54, 1.807) is 18.2 Å². The second kappa shape index (κ2) is 5.47. The summed E-state index contributed by atoms with van der Waals surface area (Å²) in [6.07, 6.45) is 1.27. The van der Waals surface area contributed by atoms with Crippen LogP contribution in [-0.4, -0.2) is 16.8 Å². The zero-order valence-corrected chi connectivity index (χ0v) is 11.6. The van der Waals surface area contributed by atoms with E-state index in [-0.39, 0.29) is 11.6 Å². The number of benzene rings is 2. The van der Waals surface area contributed by atoms with Gasteiger partial charge in [-0.15, -0.1) is 0 Å². The van der Waals surface area contributed by atoms with Crippen LogP contribution < -0.4 is 5.32 Å². The normalized spacial score (nSPS) is 20.5. The van der Waals surface area contributed by atoms with E-state index in [0.717, 1.165) is 16.7 Å². The van der Waals surface area contributed by atoms with Gasteiger partial charge in [-0.1, -0.05) is 24.3 Å². The Labute approximate surface area is 123 Å². The van der Waals surface area contributed by atoms with Gasteiger partial charge in [0, 0.05) is 18.7 Å². The minimum Gasteiger partial charge on any atom is -0.508 e.